The quantitative estimate of drug-likeness (QED) is 0.388. The van der Waals surface area contributed by atoms with Crippen LogP contribution in [0.25, 0.3) is 10.9 Å². The SMILES string of the molecule is NCC1(F)CCC(SCc2nc3cc(NC4CCCC4)cc(F)c3c(=O)[nH]2)CC1.O=C(O)C(F)(F)F. The van der Waals surface area contributed by atoms with Gasteiger partial charge in [0.05, 0.1) is 11.3 Å². The Bertz CT molecular complexity index is 1110. The molecule has 0 radical (unpaired) electrons. The number of H-pyrrole nitrogens is 1. The first-order chi connectivity index (χ1) is 16.9. The number of nitrogens with one attached hydrogen (secondary N) is 2. The van der Waals surface area contributed by atoms with E-state index in [9.17, 15) is 26.7 Å². The van der Waals surface area contributed by atoms with E-state index in [2.05, 4.69) is 15.3 Å². The van der Waals surface area contributed by atoms with Gasteiger partial charge in [0.2, 0.25) is 0 Å². The molecule has 2 fully saturated rings. The fraction of sp³-hybridized carbons (Fsp3) is 0.609. The number of nitrogens with zero attached hydrogens (tertiary/aromatic N) is 1. The molecule has 0 amide bonds. The number of thioether (sulfide) groups is 1. The van der Waals surface area contributed by atoms with E-state index < -0.39 is 29.2 Å². The summed E-state index contributed by atoms with van der Waals surface area (Å²) in [5, 5.41) is 10.8. The molecule has 2 aromatic rings. The van der Waals surface area contributed by atoms with Gasteiger partial charge < -0.3 is 21.1 Å². The van der Waals surface area contributed by atoms with Crippen LogP contribution in [0, 0.1) is 5.82 Å². The molecule has 13 heteroatoms. The van der Waals surface area contributed by atoms with Crippen molar-refractivity contribution >= 4 is 34.3 Å². The number of aromatic nitrogens is 2. The first-order valence-electron chi connectivity index (χ1n) is 11.7. The zero-order valence-corrected chi connectivity index (χ0v) is 20.3. The number of carboxylic acid groups (broad SMARTS) is 1. The van der Waals surface area contributed by atoms with Gasteiger partial charge in [-0.15, -0.1) is 0 Å². The smallest absolute Gasteiger partial charge is 0.475 e. The predicted octanol–water partition coefficient (Wildman–Crippen LogP) is 4.89. The van der Waals surface area contributed by atoms with E-state index in [-0.39, 0.29) is 11.9 Å². The van der Waals surface area contributed by atoms with E-state index in [0.717, 1.165) is 25.7 Å². The second-order valence-electron chi connectivity index (χ2n) is 9.16. The third-order valence-corrected chi connectivity index (χ3v) is 7.81. The van der Waals surface area contributed by atoms with Crippen LogP contribution in [-0.4, -0.2) is 50.7 Å². The van der Waals surface area contributed by atoms with Crippen molar-refractivity contribution in [1.29, 1.82) is 0 Å². The van der Waals surface area contributed by atoms with Gasteiger partial charge in [0.15, 0.2) is 0 Å². The maximum atomic E-state index is 14.5. The molecule has 2 saturated carbocycles. The minimum Gasteiger partial charge on any atom is -0.475 e. The van der Waals surface area contributed by atoms with Crippen molar-refractivity contribution in [2.24, 2.45) is 5.73 Å². The van der Waals surface area contributed by atoms with Crippen molar-refractivity contribution < 1.29 is 31.9 Å². The predicted molar refractivity (Wildman–Crippen MR) is 128 cm³/mol. The first kappa shape index (κ1) is 28.2. The summed E-state index contributed by atoms with van der Waals surface area (Å²) in [6.07, 6.45) is 1.92. The molecule has 4 rings (SSSR count). The van der Waals surface area contributed by atoms with Gasteiger partial charge in [-0.2, -0.15) is 24.9 Å². The lowest BCUT2D eigenvalue weighted by Gasteiger charge is -2.32. The number of hydrogen-bond acceptors (Lipinski definition) is 6. The average Bonchev–Trinajstić information content (AvgIpc) is 3.31. The molecule has 0 aliphatic heterocycles. The fourth-order valence-electron chi connectivity index (χ4n) is 4.41. The summed E-state index contributed by atoms with van der Waals surface area (Å²) in [7, 11) is 0. The number of halogens is 5. The van der Waals surface area contributed by atoms with Crippen molar-refractivity contribution in [3.8, 4) is 0 Å². The second-order valence-corrected chi connectivity index (χ2v) is 10.4. The number of rotatable bonds is 6. The van der Waals surface area contributed by atoms with Crippen LogP contribution in [-0.2, 0) is 10.5 Å². The highest BCUT2D eigenvalue weighted by Gasteiger charge is 2.38. The normalized spacial score (nSPS) is 22.8. The van der Waals surface area contributed by atoms with Gasteiger partial charge in [0.1, 0.15) is 22.7 Å². The van der Waals surface area contributed by atoms with Gasteiger partial charge in [0.25, 0.3) is 5.56 Å². The molecule has 0 spiro atoms. The molecule has 0 saturated heterocycles. The summed E-state index contributed by atoms with van der Waals surface area (Å²) in [4.78, 5) is 28.5. The Morgan fingerprint density at radius 2 is 1.83 bits per heavy atom. The van der Waals surface area contributed by atoms with E-state index in [1.807, 2.05) is 0 Å². The Morgan fingerprint density at radius 3 is 2.39 bits per heavy atom. The largest absolute Gasteiger partial charge is 0.490 e. The molecule has 7 nitrogen and oxygen atoms in total. The van der Waals surface area contributed by atoms with Crippen molar-refractivity contribution in [1.82, 2.24) is 9.97 Å². The Kier molecular flexibility index (Phi) is 9.20. The molecular weight excluding hydrogens is 507 g/mol. The van der Waals surface area contributed by atoms with E-state index in [4.69, 9.17) is 15.6 Å². The summed E-state index contributed by atoms with van der Waals surface area (Å²) >= 11 is 1.66. The maximum absolute atomic E-state index is 14.5. The molecule has 0 bridgehead atoms. The molecule has 2 aliphatic rings. The van der Waals surface area contributed by atoms with Crippen molar-refractivity contribution in [2.75, 3.05) is 11.9 Å². The number of fused-ring (bicyclic) bond motifs is 1. The minimum atomic E-state index is -5.08. The van der Waals surface area contributed by atoms with Crippen LogP contribution in [0.4, 0.5) is 27.6 Å². The molecule has 0 unspecified atom stereocenters. The van der Waals surface area contributed by atoms with Crippen LogP contribution in [0.2, 0.25) is 0 Å². The average molecular weight is 537 g/mol. The molecule has 0 atom stereocenters. The Balaban J connectivity index is 0.000000454. The van der Waals surface area contributed by atoms with Crippen LogP contribution in [0.3, 0.4) is 0 Å². The third kappa shape index (κ3) is 7.55. The van der Waals surface area contributed by atoms with Crippen molar-refractivity contribution in [3.05, 3.63) is 34.1 Å². The van der Waals surface area contributed by atoms with E-state index in [1.165, 1.54) is 18.9 Å². The summed E-state index contributed by atoms with van der Waals surface area (Å²) in [5.74, 6) is -2.27. The number of benzene rings is 1. The number of hydrogen-bond donors (Lipinski definition) is 4. The summed E-state index contributed by atoms with van der Waals surface area (Å²) in [6, 6.07) is 3.50. The van der Waals surface area contributed by atoms with Gasteiger partial charge in [-0.25, -0.2) is 18.6 Å². The molecule has 1 heterocycles. The zero-order valence-electron chi connectivity index (χ0n) is 19.5. The first-order valence-corrected chi connectivity index (χ1v) is 12.7. The Hall–Kier alpha value is -2.41. The molecule has 1 aromatic carbocycles. The molecular formula is C23H29F5N4O3S. The highest BCUT2D eigenvalue weighted by Crippen LogP contribution is 2.37. The number of nitrogens with two attached hydrogens (primary N) is 1. The Labute approximate surface area is 208 Å². The van der Waals surface area contributed by atoms with E-state index in [0.29, 0.717) is 46.9 Å². The van der Waals surface area contributed by atoms with Crippen LogP contribution in [0.1, 0.15) is 57.2 Å². The molecule has 36 heavy (non-hydrogen) atoms. The van der Waals surface area contributed by atoms with Crippen LogP contribution in [0.5, 0.6) is 0 Å². The molecule has 2 aliphatic carbocycles. The monoisotopic (exact) mass is 536 g/mol. The number of carbonyl (C=O) groups is 1. The van der Waals surface area contributed by atoms with Crippen LogP contribution < -0.4 is 16.6 Å². The lowest BCUT2D eigenvalue weighted by atomic mass is 9.86. The lowest BCUT2D eigenvalue weighted by molar-refractivity contribution is -0.192. The number of alkyl halides is 4. The highest BCUT2D eigenvalue weighted by atomic mass is 32.2. The molecule has 1 aromatic heterocycles. The van der Waals surface area contributed by atoms with Gasteiger partial charge >= 0.3 is 12.1 Å². The van der Waals surface area contributed by atoms with Gasteiger partial charge in [-0.1, -0.05) is 12.8 Å². The molecule has 200 valence electrons. The van der Waals surface area contributed by atoms with E-state index in [1.54, 1.807) is 17.8 Å². The molecule has 5 N–H and O–H groups in total. The number of carboxylic acids is 1. The van der Waals surface area contributed by atoms with Crippen molar-refractivity contribution in [3.63, 3.8) is 0 Å². The standard InChI is InChI=1S/C21H28F2N4OS.C2HF3O2/c22-16-9-14(25-13-3-1-2-4-13)10-17-19(16)20(28)27-18(26-17)11-29-15-5-7-21(23,12-24)8-6-15;3-2(4,5)1(6)7/h9-10,13,15,25H,1-8,11-12,24H2,(H,26,27,28);(H,6,7). The highest BCUT2D eigenvalue weighted by molar-refractivity contribution is 7.99. The summed E-state index contributed by atoms with van der Waals surface area (Å²) < 4.78 is 60.5. The number of aliphatic carboxylic acids is 1. The second kappa shape index (κ2) is 11.8. The number of anilines is 1. The Morgan fingerprint density at radius 1 is 1.22 bits per heavy atom. The van der Waals surface area contributed by atoms with Gasteiger partial charge in [-0.3, -0.25) is 4.79 Å². The topological polar surface area (TPSA) is 121 Å². The van der Waals surface area contributed by atoms with Gasteiger partial charge in [0, 0.05) is 23.5 Å². The van der Waals surface area contributed by atoms with Crippen LogP contribution >= 0.6 is 11.8 Å². The lowest BCUT2D eigenvalue weighted by Crippen LogP contribution is -2.37. The van der Waals surface area contributed by atoms with Crippen molar-refractivity contribution in [2.45, 2.75) is 80.3 Å². The third-order valence-electron chi connectivity index (χ3n) is 6.43. The van der Waals surface area contributed by atoms with Gasteiger partial charge in [-0.05, 0) is 50.7 Å². The number of aromatic amines is 1. The fourth-order valence-corrected chi connectivity index (χ4v) is 5.51. The van der Waals surface area contributed by atoms with Crippen LogP contribution in [0.15, 0.2) is 16.9 Å². The van der Waals surface area contributed by atoms with E-state index >= 15 is 0 Å². The zero-order chi connectivity index (χ0) is 26.5. The minimum absolute atomic E-state index is 0.00135. The summed E-state index contributed by atoms with van der Waals surface area (Å²) in [5.41, 5.74) is 4.89. The summed E-state index contributed by atoms with van der Waals surface area (Å²) in [6.45, 7) is 0.0761. The maximum Gasteiger partial charge on any atom is 0.490 e.